The van der Waals surface area contributed by atoms with E-state index in [1.807, 2.05) is 60.7 Å². The average molecular weight is 425 g/mol. The fourth-order valence-corrected chi connectivity index (χ4v) is 4.17. The number of hydrogen-bond donors (Lipinski definition) is 2. The summed E-state index contributed by atoms with van der Waals surface area (Å²) in [5.74, 6) is -0.369. The minimum atomic E-state index is -0.609. The van der Waals surface area contributed by atoms with Gasteiger partial charge in [-0.2, -0.15) is 0 Å². The maximum atomic E-state index is 12.9. The molecule has 1 atom stereocenters. The van der Waals surface area contributed by atoms with E-state index in [1.165, 1.54) is 11.3 Å². The van der Waals surface area contributed by atoms with Gasteiger partial charge in [0.25, 0.3) is 5.91 Å². The predicted octanol–water partition coefficient (Wildman–Crippen LogP) is 4.69. The van der Waals surface area contributed by atoms with Crippen molar-refractivity contribution in [3.8, 4) is 10.4 Å². The molecule has 0 radical (unpaired) electrons. The molecule has 1 heterocycles. The number of carbonyl (C=O) groups excluding carboxylic acids is 2. The van der Waals surface area contributed by atoms with Crippen LogP contribution in [0.3, 0.4) is 0 Å². The Morgan fingerprint density at radius 2 is 1.83 bits per heavy atom. The SMILES string of the molecule is O=C(NC(Cc1ccccc1)C(=O)NC1CC1)c1ccc(-c2cccc(Cl)c2)s1. The minimum absolute atomic E-state index is 0.128. The van der Waals surface area contributed by atoms with Crippen LogP contribution in [0.15, 0.2) is 66.7 Å². The number of nitrogens with one attached hydrogen (secondary N) is 2. The molecule has 0 bridgehead atoms. The number of hydrogen-bond acceptors (Lipinski definition) is 3. The second-order valence-corrected chi connectivity index (χ2v) is 8.69. The first-order valence-electron chi connectivity index (χ1n) is 9.59. The molecule has 2 N–H and O–H groups in total. The molecule has 1 aliphatic carbocycles. The van der Waals surface area contributed by atoms with E-state index in [1.54, 1.807) is 6.07 Å². The summed E-state index contributed by atoms with van der Waals surface area (Å²) in [5.41, 5.74) is 1.98. The summed E-state index contributed by atoms with van der Waals surface area (Å²) in [5, 5.41) is 6.58. The van der Waals surface area contributed by atoms with Gasteiger partial charge in [-0.3, -0.25) is 9.59 Å². The highest BCUT2D eigenvalue weighted by atomic mass is 35.5. The topological polar surface area (TPSA) is 58.2 Å². The van der Waals surface area contributed by atoms with Gasteiger partial charge in [-0.05, 0) is 48.2 Å². The first-order chi connectivity index (χ1) is 14.1. The number of halogens is 1. The van der Waals surface area contributed by atoms with Gasteiger partial charge in [0, 0.05) is 22.4 Å². The Balaban J connectivity index is 1.49. The van der Waals surface area contributed by atoms with E-state index >= 15 is 0 Å². The fourth-order valence-electron chi connectivity index (χ4n) is 3.07. The molecule has 1 saturated carbocycles. The van der Waals surface area contributed by atoms with Gasteiger partial charge in [-0.1, -0.05) is 54.1 Å². The van der Waals surface area contributed by atoms with Crippen LogP contribution in [-0.2, 0) is 11.2 Å². The molecule has 6 heteroatoms. The molecular weight excluding hydrogens is 404 g/mol. The summed E-state index contributed by atoms with van der Waals surface area (Å²) in [4.78, 5) is 27.1. The third-order valence-electron chi connectivity index (χ3n) is 4.77. The van der Waals surface area contributed by atoms with E-state index in [9.17, 15) is 9.59 Å². The minimum Gasteiger partial charge on any atom is -0.352 e. The zero-order chi connectivity index (χ0) is 20.2. The lowest BCUT2D eigenvalue weighted by Gasteiger charge is -2.18. The third-order valence-corrected chi connectivity index (χ3v) is 6.14. The summed E-state index contributed by atoms with van der Waals surface area (Å²) < 4.78 is 0. The Kier molecular flexibility index (Phi) is 5.97. The maximum Gasteiger partial charge on any atom is 0.262 e. The van der Waals surface area contributed by atoms with Gasteiger partial charge in [-0.15, -0.1) is 11.3 Å². The van der Waals surface area contributed by atoms with Crippen molar-refractivity contribution in [2.75, 3.05) is 0 Å². The van der Waals surface area contributed by atoms with Crippen LogP contribution in [0.4, 0.5) is 0 Å². The van der Waals surface area contributed by atoms with Crippen molar-refractivity contribution >= 4 is 34.8 Å². The molecule has 29 heavy (non-hydrogen) atoms. The fraction of sp³-hybridized carbons (Fsp3) is 0.217. The van der Waals surface area contributed by atoms with E-state index in [0.29, 0.717) is 16.3 Å². The van der Waals surface area contributed by atoms with Crippen molar-refractivity contribution in [1.29, 1.82) is 0 Å². The molecule has 0 aliphatic heterocycles. The van der Waals surface area contributed by atoms with Crippen LogP contribution in [0, 0.1) is 0 Å². The average Bonchev–Trinajstić information content (AvgIpc) is 3.39. The summed E-state index contributed by atoms with van der Waals surface area (Å²) in [7, 11) is 0. The van der Waals surface area contributed by atoms with Crippen molar-refractivity contribution in [2.45, 2.75) is 31.3 Å². The highest BCUT2D eigenvalue weighted by Gasteiger charge is 2.29. The molecule has 2 aromatic carbocycles. The van der Waals surface area contributed by atoms with Crippen LogP contribution in [0.5, 0.6) is 0 Å². The molecule has 0 saturated heterocycles. The van der Waals surface area contributed by atoms with Gasteiger partial charge in [-0.25, -0.2) is 0 Å². The smallest absolute Gasteiger partial charge is 0.262 e. The highest BCUT2D eigenvalue weighted by Crippen LogP contribution is 2.30. The van der Waals surface area contributed by atoms with Gasteiger partial charge >= 0.3 is 0 Å². The lowest BCUT2D eigenvalue weighted by Crippen LogP contribution is -2.48. The molecule has 3 aromatic rings. The first-order valence-corrected chi connectivity index (χ1v) is 10.8. The van der Waals surface area contributed by atoms with E-state index < -0.39 is 6.04 Å². The molecule has 148 valence electrons. The predicted molar refractivity (Wildman–Crippen MR) is 117 cm³/mol. The molecule has 4 nitrogen and oxygen atoms in total. The van der Waals surface area contributed by atoms with Crippen LogP contribution >= 0.6 is 22.9 Å². The Hall–Kier alpha value is -2.63. The Morgan fingerprint density at radius 3 is 2.55 bits per heavy atom. The largest absolute Gasteiger partial charge is 0.352 e. The van der Waals surface area contributed by atoms with Crippen molar-refractivity contribution in [2.24, 2.45) is 0 Å². The molecule has 0 spiro atoms. The highest BCUT2D eigenvalue weighted by molar-refractivity contribution is 7.17. The van der Waals surface area contributed by atoms with Crippen LogP contribution in [0.1, 0.15) is 28.1 Å². The van der Waals surface area contributed by atoms with E-state index in [2.05, 4.69) is 10.6 Å². The van der Waals surface area contributed by atoms with Gasteiger partial charge < -0.3 is 10.6 Å². The number of amides is 2. The monoisotopic (exact) mass is 424 g/mol. The number of carbonyl (C=O) groups is 2. The van der Waals surface area contributed by atoms with Crippen molar-refractivity contribution in [1.82, 2.24) is 10.6 Å². The second kappa shape index (κ2) is 8.80. The molecule has 1 aromatic heterocycles. The number of thiophene rings is 1. The molecule has 4 rings (SSSR count). The Bertz CT molecular complexity index is 1010. The van der Waals surface area contributed by atoms with Gasteiger partial charge in [0.2, 0.25) is 5.91 Å². The van der Waals surface area contributed by atoms with Gasteiger partial charge in [0.1, 0.15) is 6.04 Å². The second-order valence-electron chi connectivity index (χ2n) is 7.17. The van der Waals surface area contributed by atoms with Crippen molar-refractivity contribution in [3.05, 3.63) is 82.2 Å². The van der Waals surface area contributed by atoms with E-state index in [4.69, 9.17) is 11.6 Å². The first kappa shape index (κ1) is 19.7. The summed E-state index contributed by atoms with van der Waals surface area (Å²) in [6.07, 6.45) is 2.47. The van der Waals surface area contributed by atoms with Crippen LogP contribution in [0.2, 0.25) is 5.02 Å². The maximum absolute atomic E-state index is 12.9. The Morgan fingerprint density at radius 1 is 1.03 bits per heavy atom. The lowest BCUT2D eigenvalue weighted by atomic mass is 10.1. The molecule has 1 unspecified atom stereocenters. The molecule has 1 fully saturated rings. The standard InChI is InChI=1S/C23H21ClN2O2S/c24-17-8-4-7-16(14-17)20-11-12-21(29-20)23(28)26-19(22(27)25-18-9-10-18)13-15-5-2-1-3-6-15/h1-8,11-12,14,18-19H,9-10,13H2,(H,25,27)(H,26,28). The van der Waals surface area contributed by atoms with Crippen LogP contribution in [-0.4, -0.2) is 23.9 Å². The summed E-state index contributed by atoms with van der Waals surface area (Å²) in [6, 6.07) is 20.6. The Labute approximate surface area is 178 Å². The zero-order valence-corrected chi connectivity index (χ0v) is 17.3. The molecular formula is C23H21ClN2O2S. The van der Waals surface area contributed by atoms with E-state index in [0.717, 1.165) is 28.8 Å². The molecule has 2 amide bonds. The van der Waals surface area contributed by atoms with E-state index in [-0.39, 0.29) is 17.9 Å². The quantitative estimate of drug-likeness (QED) is 0.578. The number of rotatable bonds is 7. The van der Waals surface area contributed by atoms with Crippen LogP contribution in [0.25, 0.3) is 10.4 Å². The normalized spacial score (nSPS) is 14.2. The molecule has 1 aliphatic rings. The summed E-state index contributed by atoms with van der Waals surface area (Å²) >= 11 is 7.46. The third kappa shape index (κ3) is 5.25. The van der Waals surface area contributed by atoms with Crippen molar-refractivity contribution < 1.29 is 9.59 Å². The lowest BCUT2D eigenvalue weighted by molar-refractivity contribution is -0.123. The summed E-state index contributed by atoms with van der Waals surface area (Å²) in [6.45, 7) is 0. The zero-order valence-electron chi connectivity index (χ0n) is 15.7. The van der Waals surface area contributed by atoms with Gasteiger partial charge in [0.05, 0.1) is 4.88 Å². The van der Waals surface area contributed by atoms with Crippen molar-refractivity contribution in [3.63, 3.8) is 0 Å². The number of benzene rings is 2. The van der Waals surface area contributed by atoms with Gasteiger partial charge in [0.15, 0.2) is 0 Å². The van der Waals surface area contributed by atoms with Crippen LogP contribution < -0.4 is 10.6 Å².